The topological polar surface area (TPSA) is 69.0 Å². The molecule has 6 nitrogen and oxygen atoms in total. The molecule has 1 aliphatic carbocycles. The van der Waals surface area contributed by atoms with E-state index in [1.165, 1.54) is 38.2 Å². The molecule has 1 aromatic carbocycles. The minimum Gasteiger partial charge on any atom is -0.494 e. The van der Waals surface area contributed by atoms with Gasteiger partial charge in [0.1, 0.15) is 17.1 Å². The van der Waals surface area contributed by atoms with Crippen molar-refractivity contribution in [2.24, 2.45) is 5.92 Å². The quantitative estimate of drug-likeness (QED) is 0.608. The number of amides is 1. The van der Waals surface area contributed by atoms with Crippen LogP contribution >= 0.6 is 0 Å². The SMILES string of the molecule is COc1cc2nn([C@H]3CC[C@H](C)CC3)cc2cc1NC(=O)c1cccc(C(F)F)n1. The molecule has 30 heavy (non-hydrogen) atoms. The van der Waals surface area contributed by atoms with Crippen molar-refractivity contribution in [2.75, 3.05) is 12.4 Å². The summed E-state index contributed by atoms with van der Waals surface area (Å²) in [6.07, 6.45) is 3.83. The number of nitrogens with one attached hydrogen (secondary N) is 1. The summed E-state index contributed by atoms with van der Waals surface area (Å²) in [5.41, 5.74) is 0.701. The number of nitrogens with zero attached hydrogens (tertiary/aromatic N) is 3. The minimum atomic E-state index is -2.74. The summed E-state index contributed by atoms with van der Waals surface area (Å²) < 4.78 is 33.2. The third-order valence-corrected chi connectivity index (χ3v) is 5.68. The summed E-state index contributed by atoms with van der Waals surface area (Å²) in [6, 6.07) is 7.91. The molecule has 158 valence electrons. The number of carbonyl (C=O) groups is 1. The van der Waals surface area contributed by atoms with Crippen LogP contribution in [0.3, 0.4) is 0 Å². The summed E-state index contributed by atoms with van der Waals surface area (Å²) >= 11 is 0. The van der Waals surface area contributed by atoms with E-state index in [1.54, 1.807) is 12.1 Å². The zero-order valence-corrected chi connectivity index (χ0v) is 16.9. The van der Waals surface area contributed by atoms with Crippen molar-refractivity contribution in [2.45, 2.75) is 45.1 Å². The van der Waals surface area contributed by atoms with E-state index in [4.69, 9.17) is 9.84 Å². The number of anilines is 1. The number of ether oxygens (including phenoxy) is 1. The summed E-state index contributed by atoms with van der Waals surface area (Å²) in [5.74, 6) is 0.623. The van der Waals surface area contributed by atoms with Gasteiger partial charge in [0.05, 0.1) is 24.4 Å². The average molecular weight is 414 g/mol. The molecular formula is C22H24F2N4O2. The number of hydrogen-bond donors (Lipinski definition) is 1. The highest BCUT2D eigenvalue weighted by molar-refractivity contribution is 6.05. The average Bonchev–Trinajstić information content (AvgIpc) is 3.16. The van der Waals surface area contributed by atoms with Crippen molar-refractivity contribution >= 4 is 22.5 Å². The van der Waals surface area contributed by atoms with Crippen molar-refractivity contribution in [3.63, 3.8) is 0 Å². The van der Waals surface area contributed by atoms with Crippen LogP contribution in [0.4, 0.5) is 14.5 Å². The van der Waals surface area contributed by atoms with Crippen LogP contribution in [0.1, 0.15) is 61.3 Å². The summed E-state index contributed by atoms with van der Waals surface area (Å²) in [7, 11) is 1.51. The predicted octanol–water partition coefficient (Wildman–Crippen LogP) is 5.38. The van der Waals surface area contributed by atoms with Crippen molar-refractivity contribution < 1.29 is 18.3 Å². The molecule has 2 heterocycles. The first-order chi connectivity index (χ1) is 14.4. The number of pyridine rings is 1. The van der Waals surface area contributed by atoms with E-state index in [9.17, 15) is 13.6 Å². The van der Waals surface area contributed by atoms with Crippen LogP contribution in [-0.4, -0.2) is 27.8 Å². The van der Waals surface area contributed by atoms with E-state index in [0.717, 1.165) is 29.7 Å². The van der Waals surface area contributed by atoms with Gasteiger partial charge in [-0.25, -0.2) is 13.8 Å². The summed E-state index contributed by atoms with van der Waals surface area (Å²) in [4.78, 5) is 16.3. The molecule has 2 aromatic heterocycles. The Morgan fingerprint density at radius 1 is 1.23 bits per heavy atom. The van der Waals surface area contributed by atoms with Gasteiger partial charge in [-0.1, -0.05) is 13.0 Å². The predicted molar refractivity (Wildman–Crippen MR) is 110 cm³/mol. The molecular weight excluding hydrogens is 390 g/mol. The summed E-state index contributed by atoms with van der Waals surface area (Å²) in [5, 5.41) is 8.30. The van der Waals surface area contributed by atoms with E-state index in [-0.39, 0.29) is 5.69 Å². The van der Waals surface area contributed by atoms with Crippen LogP contribution < -0.4 is 10.1 Å². The smallest absolute Gasteiger partial charge is 0.280 e. The van der Waals surface area contributed by atoms with Crippen molar-refractivity contribution in [1.82, 2.24) is 14.8 Å². The molecule has 0 unspecified atom stereocenters. The third-order valence-electron chi connectivity index (χ3n) is 5.68. The third kappa shape index (κ3) is 4.13. The molecule has 0 atom stereocenters. The first-order valence-corrected chi connectivity index (χ1v) is 10.1. The van der Waals surface area contributed by atoms with Gasteiger partial charge >= 0.3 is 0 Å². The van der Waals surface area contributed by atoms with E-state index in [0.29, 0.717) is 17.5 Å². The number of hydrogen-bond acceptors (Lipinski definition) is 4. The van der Waals surface area contributed by atoms with Gasteiger partial charge in [0.25, 0.3) is 12.3 Å². The Morgan fingerprint density at radius 3 is 2.70 bits per heavy atom. The lowest BCUT2D eigenvalue weighted by molar-refractivity contribution is 0.101. The highest BCUT2D eigenvalue weighted by Gasteiger charge is 2.21. The molecule has 1 amide bonds. The molecule has 1 N–H and O–H groups in total. The fraction of sp³-hybridized carbons (Fsp3) is 0.409. The van der Waals surface area contributed by atoms with Gasteiger partial charge < -0.3 is 10.1 Å². The second kappa shape index (κ2) is 8.38. The minimum absolute atomic E-state index is 0.0815. The molecule has 1 aliphatic rings. The monoisotopic (exact) mass is 414 g/mol. The van der Waals surface area contributed by atoms with Gasteiger partial charge in [0, 0.05) is 17.6 Å². The molecule has 1 fully saturated rings. The molecule has 0 bridgehead atoms. The van der Waals surface area contributed by atoms with Gasteiger partial charge in [0.15, 0.2) is 0 Å². The first kappa shape index (κ1) is 20.3. The van der Waals surface area contributed by atoms with Crippen molar-refractivity contribution in [3.8, 4) is 5.75 Å². The standard InChI is InChI=1S/C22H24F2N4O2/c1-13-6-8-15(9-7-13)28-12-14-10-19(20(30-2)11-18(14)27-28)26-22(29)17-5-3-4-16(25-17)21(23)24/h3-5,10-13,15,21H,6-9H2,1-2H3,(H,26,29)/t13-,15-. The van der Waals surface area contributed by atoms with Crippen LogP contribution in [0.5, 0.6) is 5.75 Å². The maximum Gasteiger partial charge on any atom is 0.280 e. The Hall–Kier alpha value is -3.03. The van der Waals surface area contributed by atoms with Crippen LogP contribution in [-0.2, 0) is 0 Å². The molecule has 0 spiro atoms. The van der Waals surface area contributed by atoms with E-state index in [1.807, 2.05) is 10.9 Å². The Bertz CT molecular complexity index is 1060. The number of rotatable bonds is 5. The Kier molecular flexibility index (Phi) is 5.65. The molecule has 4 rings (SSSR count). The summed E-state index contributed by atoms with van der Waals surface area (Å²) in [6.45, 7) is 2.28. The van der Waals surface area contributed by atoms with Crippen molar-refractivity contribution in [1.29, 1.82) is 0 Å². The molecule has 3 aromatic rings. The van der Waals surface area contributed by atoms with E-state index in [2.05, 4.69) is 17.2 Å². The lowest BCUT2D eigenvalue weighted by Crippen LogP contribution is -2.16. The van der Waals surface area contributed by atoms with Gasteiger partial charge in [-0.3, -0.25) is 9.48 Å². The Balaban J connectivity index is 1.60. The lowest BCUT2D eigenvalue weighted by Gasteiger charge is -2.26. The van der Waals surface area contributed by atoms with Gasteiger partial charge in [-0.05, 0) is 49.8 Å². The molecule has 0 radical (unpaired) electrons. The van der Waals surface area contributed by atoms with Gasteiger partial charge in [-0.15, -0.1) is 0 Å². The number of aromatic nitrogens is 3. The maximum absolute atomic E-state index is 12.9. The Labute approximate surface area is 173 Å². The van der Waals surface area contributed by atoms with Gasteiger partial charge in [0.2, 0.25) is 0 Å². The van der Waals surface area contributed by atoms with Gasteiger partial charge in [-0.2, -0.15) is 5.10 Å². The molecule has 1 saturated carbocycles. The second-order valence-corrected chi connectivity index (χ2v) is 7.84. The highest BCUT2D eigenvalue weighted by atomic mass is 19.3. The zero-order chi connectivity index (χ0) is 21.3. The number of fused-ring (bicyclic) bond motifs is 1. The Morgan fingerprint density at radius 2 is 2.00 bits per heavy atom. The van der Waals surface area contributed by atoms with Crippen molar-refractivity contribution in [3.05, 3.63) is 47.9 Å². The molecule has 0 aliphatic heterocycles. The van der Waals surface area contributed by atoms with Crippen LogP contribution in [0.15, 0.2) is 36.5 Å². The van der Waals surface area contributed by atoms with Crippen LogP contribution in [0, 0.1) is 5.92 Å². The fourth-order valence-electron chi connectivity index (χ4n) is 3.92. The van der Waals surface area contributed by atoms with E-state index >= 15 is 0 Å². The normalized spacial score (nSPS) is 19.2. The number of carbonyl (C=O) groups excluding carboxylic acids is 1. The largest absolute Gasteiger partial charge is 0.494 e. The number of methoxy groups -OCH3 is 1. The number of benzene rings is 1. The highest BCUT2D eigenvalue weighted by Crippen LogP contribution is 2.34. The first-order valence-electron chi connectivity index (χ1n) is 10.1. The number of alkyl halides is 2. The molecule has 8 heteroatoms. The fourth-order valence-corrected chi connectivity index (χ4v) is 3.92. The van der Waals surface area contributed by atoms with E-state index < -0.39 is 18.0 Å². The lowest BCUT2D eigenvalue weighted by atomic mass is 9.87. The van der Waals surface area contributed by atoms with Crippen LogP contribution in [0.25, 0.3) is 10.9 Å². The second-order valence-electron chi connectivity index (χ2n) is 7.84. The maximum atomic E-state index is 12.9. The molecule has 0 saturated heterocycles. The number of halogens is 2. The zero-order valence-electron chi connectivity index (χ0n) is 16.9. The van der Waals surface area contributed by atoms with Crippen LogP contribution in [0.2, 0.25) is 0 Å².